The Bertz CT molecular complexity index is 424. The van der Waals surface area contributed by atoms with Crippen molar-refractivity contribution in [2.45, 2.75) is 27.7 Å². The molecule has 0 bridgehead atoms. The molecule has 2 nitrogen and oxygen atoms in total. The average molecular weight is 206 g/mol. The standard InChI is InChI=1S/C9H6O2.2C2H6/c10-8-5-6-11-9-4-2-1-3-7(8)9;2*1-2/h1-6H;2*1-2H3. The molecule has 2 rings (SSSR count). The van der Waals surface area contributed by atoms with Gasteiger partial charge in [-0.05, 0) is 12.1 Å². The fraction of sp³-hybridized carbons (Fsp3) is 0.308. The lowest BCUT2D eigenvalue weighted by Crippen LogP contribution is -1.96. The molecular formula is C13H18O2. The highest BCUT2D eigenvalue weighted by Crippen LogP contribution is 2.06. The zero-order valence-corrected chi connectivity index (χ0v) is 9.78. The van der Waals surface area contributed by atoms with E-state index in [0.717, 1.165) is 0 Å². The van der Waals surface area contributed by atoms with Crippen molar-refractivity contribution in [3.05, 3.63) is 46.8 Å². The molecule has 15 heavy (non-hydrogen) atoms. The molecule has 1 aromatic carbocycles. The van der Waals surface area contributed by atoms with Crippen molar-refractivity contribution in [3.63, 3.8) is 0 Å². The maximum Gasteiger partial charge on any atom is 0.192 e. The Labute approximate surface area is 90.6 Å². The van der Waals surface area contributed by atoms with Gasteiger partial charge in [-0.3, -0.25) is 4.79 Å². The first-order valence-electron chi connectivity index (χ1n) is 5.34. The normalized spacial score (nSPS) is 8.27. The van der Waals surface area contributed by atoms with Gasteiger partial charge in [0.25, 0.3) is 0 Å². The molecule has 0 aliphatic heterocycles. The van der Waals surface area contributed by atoms with E-state index in [2.05, 4.69) is 0 Å². The molecule has 1 heterocycles. The highest BCUT2D eigenvalue weighted by atomic mass is 16.3. The van der Waals surface area contributed by atoms with Crippen LogP contribution in [0.4, 0.5) is 0 Å². The molecular weight excluding hydrogens is 188 g/mol. The third-order valence-corrected chi connectivity index (χ3v) is 1.57. The molecule has 0 amide bonds. The molecule has 0 radical (unpaired) electrons. The molecule has 0 unspecified atom stereocenters. The van der Waals surface area contributed by atoms with Crippen molar-refractivity contribution in [2.24, 2.45) is 0 Å². The van der Waals surface area contributed by atoms with Crippen molar-refractivity contribution in [1.29, 1.82) is 0 Å². The molecule has 1 aromatic heterocycles. The number of benzene rings is 1. The van der Waals surface area contributed by atoms with Gasteiger partial charge in [0.2, 0.25) is 0 Å². The molecule has 0 saturated heterocycles. The fourth-order valence-corrected chi connectivity index (χ4v) is 1.03. The molecule has 0 aliphatic carbocycles. The maximum absolute atomic E-state index is 11.1. The van der Waals surface area contributed by atoms with Crippen LogP contribution in [0.15, 0.2) is 45.8 Å². The molecule has 0 N–H and O–H groups in total. The van der Waals surface area contributed by atoms with Gasteiger partial charge in [-0.2, -0.15) is 0 Å². The number of fused-ring (bicyclic) bond motifs is 1. The first-order valence-corrected chi connectivity index (χ1v) is 5.34. The van der Waals surface area contributed by atoms with Crippen LogP contribution in [-0.2, 0) is 0 Å². The largest absolute Gasteiger partial charge is 0.464 e. The van der Waals surface area contributed by atoms with Crippen LogP contribution >= 0.6 is 0 Å². The van der Waals surface area contributed by atoms with Gasteiger partial charge in [0.1, 0.15) is 5.58 Å². The molecule has 0 atom stereocenters. The van der Waals surface area contributed by atoms with E-state index in [4.69, 9.17) is 4.42 Å². The molecule has 0 aliphatic rings. The van der Waals surface area contributed by atoms with Gasteiger partial charge < -0.3 is 4.42 Å². The zero-order valence-electron chi connectivity index (χ0n) is 9.78. The second-order valence-corrected chi connectivity index (χ2v) is 2.28. The van der Waals surface area contributed by atoms with E-state index in [1.54, 1.807) is 12.1 Å². The minimum atomic E-state index is 0.00634. The lowest BCUT2D eigenvalue weighted by atomic mass is 10.2. The second-order valence-electron chi connectivity index (χ2n) is 2.28. The first kappa shape index (κ1) is 13.4. The van der Waals surface area contributed by atoms with Crippen molar-refractivity contribution in [1.82, 2.24) is 0 Å². The average Bonchev–Trinajstić information content (AvgIpc) is 2.35. The minimum Gasteiger partial charge on any atom is -0.464 e. The van der Waals surface area contributed by atoms with Crippen molar-refractivity contribution >= 4 is 11.0 Å². The fourth-order valence-electron chi connectivity index (χ4n) is 1.03. The Kier molecular flexibility index (Phi) is 6.98. The van der Waals surface area contributed by atoms with Gasteiger partial charge in [0.15, 0.2) is 5.43 Å². The summed E-state index contributed by atoms with van der Waals surface area (Å²) in [5.41, 5.74) is 0.645. The summed E-state index contributed by atoms with van der Waals surface area (Å²) in [4.78, 5) is 11.1. The number of hydrogen-bond donors (Lipinski definition) is 0. The number of para-hydroxylation sites is 1. The summed E-state index contributed by atoms with van der Waals surface area (Å²) in [7, 11) is 0. The summed E-state index contributed by atoms with van der Waals surface area (Å²) in [6.07, 6.45) is 1.41. The molecule has 2 heteroatoms. The Morgan fingerprint density at radius 2 is 1.53 bits per heavy atom. The Hall–Kier alpha value is -1.57. The van der Waals surface area contributed by atoms with Crippen LogP contribution in [0.5, 0.6) is 0 Å². The molecule has 0 fully saturated rings. The maximum atomic E-state index is 11.1. The summed E-state index contributed by atoms with van der Waals surface area (Å²) >= 11 is 0. The molecule has 0 spiro atoms. The second kappa shape index (κ2) is 7.80. The van der Waals surface area contributed by atoms with Gasteiger partial charge >= 0.3 is 0 Å². The zero-order chi connectivity index (χ0) is 11.7. The smallest absolute Gasteiger partial charge is 0.192 e. The number of hydrogen-bond acceptors (Lipinski definition) is 2. The van der Waals surface area contributed by atoms with Crippen LogP contribution in [0.1, 0.15) is 27.7 Å². The van der Waals surface area contributed by atoms with Gasteiger partial charge in [0, 0.05) is 6.07 Å². The third kappa shape index (κ3) is 3.58. The van der Waals surface area contributed by atoms with Gasteiger partial charge in [-0.25, -0.2) is 0 Å². The van der Waals surface area contributed by atoms with Crippen molar-refractivity contribution < 1.29 is 4.42 Å². The predicted molar refractivity (Wildman–Crippen MR) is 65.2 cm³/mol. The summed E-state index contributed by atoms with van der Waals surface area (Å²) < 4.78 is 5.09. The summed E-state index contributed by atoms with van der Waals surface area (Å²) in [6.45, 7) is 8.00. The summed E-state index contributed by atoms with van der Waals surface area (Å²) in [6, 6.07) is 8.60. The van der Waals surface area contributed by atoms with Gasteiger partial charge in [-0.1, -0.05) is 39.8 Å². The minimum absolute atomic E-state index is 0.00634. The van der Waals surface area contributed by atoms with Crippen LogP contribution in [0.2, 0.25) is 0 Å². The van der Waals surface area contributed by atoms with E-state index in [-0.39, 0.29) is 5.43 Å². The van der Waals surface area contributed by atoms with Crippen molar-refractivity contribution in [3.8, 4) is 0 Å². The SMILES string of the molecule is CC.CC.O=c1ccoc2ccccc12. The van der Waals surface area contributed by atoms with Gasteiger partial charge in [0.05, 0.1) is 11.6 Å². The van der Waals surface area contributed by atoms with Crippen molar-refractivity contribution in [2.75, 3.05) is 0 Å². The van der Waals surface area contributed by atoms with Gasteiger partial charge in [-0.15, -0.1) is 0 Å². The lowest BCUT2D eigenvalue weighted by molar-refractivity contribution is 0.602. The van der Waals surface area contributed by atoms with Crippen LogP contribution in [0.3, 0.4) is 0 Å². The highest BCUT2D eigenvalue weighted by molar-refractivity contribution is 5.75. The number of rotatable bonds is 0. The molecule has 82 valence electrons. The quantitative estimate of drug-likeness (QED) is 0.655. The van der Waals surface area contributed by atoms with E-state index < -0.39 is 0 Å². The van der Waals surface area contributed by atoms with Crippen LogP contribution < -0.4 is 5.43 Å². The van der Waals surface area contributed by atoms with E-state index in [1.165, 1.54) is 12.3 Å². The van der Waals surface area contributed by atoms with Crippen LogP contribution in [-0.4, -0.2) is 0 Å². The Morgan fingerprint density at radius 1 is 0.933 bits per heavy atom. The summed E-state index contributed by atoms with van der Waals surface area (Å²) in [5, 5.41) is 0.634. The van der Waals surface area contributed by atoms with Crippen LogP contribution in [0.25, 0.3) is 11.0 Å². The molecule has 0 saturated carbocycles. The third-order valence-electron chi connectivity index (χ3n) is 1.57. The Balaban J connectivity index is 0.000000442. The lowest BCUT2D eigenvalue weighted by Gasteiger charge is -1.91. The first-order chi connectivity index (χ1) is 7.38. The molecule has 2 aromatic rings. The van der Waals surface area contributed by atoms with E-state index in [9.17, 15) is 4.79 Å². The monoisotopic (exact) mass is 206 g/mol. The van der Waals surface area contributed by atoms with E-state index >= 15 is 0 Å². The predicted octanol–water partition coefficient (Wildman–Crippen LogP) is 3.85. The van der Waals surface area contributed by atoms with E-state index in [1.807, 2.05) is 39.8 Å². The summed E-state index contributed by atoms with van der Waals surface area (Å²) in [5.74, 6) is 0. The Morgan fingerprint density at radius 3 is 2.13 bits per heavy atom. The van der Waals surface area contributed by atoms with Crippen LogP contribution in [0, 0.1) is 0 Å². The highest BCUT2D eigenvalue weighted by Gasteiger charge is 1.95. The van der Waals surface area contributed by atoms with E-state index in [0.29, 0.717) is 11.0 Å². The topological polar surface area (TPSA) is 30.2 Å².